The molecule has 0 aromatic heterocycles. The van der Waals surface area contributed by atoms with E-state index in [1.54, 1.807) is 36.4 Å². The summed E-state index contributed by atoms with van der Waals surface area (Å²) in [5.41, 5.74) is 6.69. The summed E-state index contributed by atoms with van der Waals surface area (Å²) in [7, 11) is -3.95. The van der Waals surface area contributed by atoms with E-state index in [-0.39, 0.29) is 21.6 Å². The number of rotatable bonds is 5. The molecule has 7 heteroatoms. The molecule has 3 aromatic carbocycles. The first-order chi connectivity index (χ1) is 14.9. The molecule has 162 valence electrons. The maximum absolute atomic E-state index is 13.4. The predicted molar refractivity (Wildman–Crippen MR) is 124 cm³/mol. The Morgan fingerprint density at radius 1 is 1.10 bits per heavy atom. The quantitative estimate of drug-likeness (QED) is 0.362. The largest absolute Gasteiger partial charge is 0.490 e. The third-order valence-corrected chi connectivity index (χ3v) is 7.64. The number of hydrogen-bond acceptors (Lipinski definition) is 5. The van der Waals surface area contributed by atoms with Crippen LogP contribution in [-0.2, 0) is 9.84 Å². The minimum atomic E-state index is -3.95. The first-order valence-corrected chi connectivity index (χ1v) is 12.0. The van der Waals surface area contributed by atoms with Gasteiger partial charge in [0.25, 0.3) is 9.84 Å². The third-order valence-electron chi connectivity index (χ3n) is 5.90. The van der Waals surface area contributed by atoms with Crippen LogP contribution in [0.1, 0.15) is 25.3 Å². The Hall–Kier alpha value is -2.90. The number of benzene rings is 3. The number of nitrogens with zero attached hydrogens (tertiary/aromatic N) is 1. The zero-order valence-electron chi connectivity index (χ0n) is 17.6. The zero-order chi connectivity index (χ0) is 22.0. The molecular weight excluding hydrogens is 410 g/mol. The molecule has 0 atom stereocenters. The van der Waals surface area contributed by atoms with Crippen molar-refractivity contribution in [2.45, 2.75) is 30.8 Å². The van der Waals surface area contributed by atoms with Gasteiger partial charge in [0.2, 0.25) is 0 Å². The van der Waals surface area contributed by atoms with Crippen LogP contribution in [0.25, 0.3) is 10.8 Å². The normalized spacial score (nSPS) is 15.8. The minimum Gasteiger partial charge on any atom is -0.490 e. The van der Waals surface area contributed by atoms with Crippen LogP contribution < -0.4 is 15.9 Å². The molecule has 1 aliphatic rings. The topological polar surface area (TPSA) is 98.2 Å². The molecule has 0 unspecified atom stereocenters. The molecule has 4 rings (SSSR count). The number of anilines is 1. The van der Waals surface area contributed by atoms with E-state index in [9.17, 15) is 8.42 Å². The standard InChI is InChI=1S/C24H27N3O3S/c1-2-27-14-12-18(13-15-27)30-19-10-11-22(25)21(16-19)24(26)31(28,29)23-9-5-7-17-6-3-4-8-20(17)23/h3-11,16,18,26H,2,12-15,25H2,1H3/p+1. The number of fused-ring (bicyclic) bond motifs is 1. The van der Waals surface area contributed by atoms with Crippen molar-refractivity contribution in [3.05, 3.63) is 66.2 Å². The second-order valence-corrected chi connectivity index (χ2v) is 9.73. The summed E-state index contributed by atoms with van der Waals surface area (Å²) in [5, 5.41) is 7.41. The Balaban J connectivity index is 1.63. The van der Waals surface area contributed by atoms with Crippen LogP contribution in [0.5, 0.6) is 5.75 Å². The third kappa shape index (κ3) is 4.29. The Morgan fingerprint density at radius 3 is 2.55 bits per heavy atom. The number of ether oxygens (including phenoxy) is 1. The Kier molecular flexibility index (Phi) is 5.98. The molecule has 3 aromatic rings. The van der Waals surface area contributed by atoms with Gasteiger partial charge in [-0.15, -0.1) is 0 Å². The van der Waals surface area contributed by atoms with Gasteiger partial charge in [-0.25, -0.2) is 13.8 Å². The van der Waals surface area contributed by atoms with E-state index in [0.29, 0.717) is 16.8 Å². The number of nitrogens with two attached hydrogens (primary N) is 2. The van der Waals surface area contributed by atoms with Crippen LogP contribution >= 0.6 is 0 Å². The summed E-state index contributed by atoms with van der Waals surface area (Å²) >= 11 is 0. The van der Waals surface area contributed by atoms with Gasteiger partial charge in [0.1, 0.15) is 11.9 Å². The number of hydrogen-bond donors (Lipinski definition) is 2. The molecule has 0 aliphatic carbocycles. The van der Waals surface area contributed by atoms with E-state index in [1.165, 1.54) is 0 Å². The van der Waals surface area contributed by atoms with E-state index in [4.69, 9.17) is 15.9 Å². The van der Waals surface area contributed by atoms with Gasteiger partial charge < -0.3 is 15.4 Å². The van der Waals surface area contributed by atoms with Gasteiger partial charge in [-0.1, -0.05) is 43.3 Å². The summed E-state index contributed by atoms with van der Waals surface area (Å²) in [5.74, 6) is 0.579. The number of piperidine rings is 1. The van der Waals surface area contributed by atoms with Gasteiger partial charge in [-0.05, 0) is 49.0 Å². The van der Waals surface area contributed by atoms with Crippen molar-refractivity contribution in [1.82, 2.24) is 4.90 Å². The molecule has 0 radical (unpaired) electrons. The number of nitrogen functional groups attached to an aromatic ring is 1. The van der Waals surface area contributed by atoms with Crippen LogP contribution in [0.3, 0.4) is 0 Å². The van der Waals surface area contributed by atoms with Gasteiger partial charge in [0.15, 0.2) is 0 Å². The lowest BCUT2D eigenvalue weighted by Gasteiger charge is -2.31. The van der Waals surface area contributed by atoms with Crippen molar-refractivity contribution in [3.63, 3.8) is 0 Å². The molecule has 4 N–H and O–H groups in total. The first kappa shape index (κ1) is 21.3. The molecule has 31 heavy (non-hydrogen) atoms. The van der Waals surface area contributed by atoms with E-state index in [0.717, 1.165) is 37.9 Å². The lowest BCUT2D eigenvalue weighted by molar-refractivity contribution is -0.108. The van der Waals surface area contributed by atoms with Crippen LogP contribution in [0.2, 0.25) is 0 Å². The summed E-state index contributed by atoms with van der Waals surface area (Å²) in [4.78, 5) is 2.55. The SMILES string of the molecule is CCN1CCC(Oc2ccc(N)c(C(=[NH2+])S(=O)(=O)c3cccc4ccccc34)c2)CC1. The van der Waals surface area contributed by atoms with E-state index in [1.807, 2.05) is 24.3 Å². The van der Waals surface area contributed by atoms with Crippen molar-refractivity contribution in [2.75, 3.05) is 25.4 Å². The average molecular weight is 439 g/mol. The van der Waals surface area contributed by atoms with E-state index < -0.39 is 9.84 Å². The smallest absolute Gasteiger partial charge is 0.303 e. The molecule has 1 fully saturated rings. The predicted octanol–water partition coefficient (Wildman–Crippen LogP) is 2.26. The lowest BCUT2D eigenvalue weighted by atomic mass is 10.1. The summed E-state index contributed by atoms with van der Waals surface area (Å²) in [6.45, 7) is 5.18. The summed E-state index contributed by atoms with van der Waals surface area (Å²) in [6.07, 6.45) is 1.96. The molecule has 1 heterocycles. The zero-order valence-corrected chi connectivity index (χ0v) is 18.4. The summed E-state index contributed by atoms with van der Waals surface area (Å²) < 4.78 is 32.9. The van der Waals surface area contributed by atoms with Crippen LogP contribution in [0.15, 0.2) is 65.6 Å². The average Bonchev–Trinajstić information content (AvgIpc) is 2.80. The molecule has 0 bridgehead atoms. The number of sulfone groups is 1. The van der Waals surface area contributed by atoms with Gasteiger partial charge in [0, 0.05) is 24.2 Å². The highest BCUT2D eigenvalue weighted by atomic mass is 32.2. The van der Waals surface area contributed by atoms with E-state index in [2.05, 4.69) is 11.8 Å². The van der Waals surface area contributed by atoms with Gasteiger partial charge >= 0.3 is 5.04 Å². The Labute approximate surface area is 183 Å². The highest BCUT2D eigenvalue weighted by Gasteiger charge is 2.31. The van der Waals surface area contributed by atoms with Crippen molar-refractivity contribution in [2.24, 2.45) is 0 Å². The fourth-order valence-corrected chi connectivity index (χ4v) is 5.49. The number of likely N-dealkylation sites (tertiary alicyclic amines) is 1. The van der Waals surface area contributed by atoms with Gasteiger partial charge in [-0.3, -0.25) is 0 Å². The molecule has 1 saturated heterocycles. The van der Waals surface area contributed by atoms with Crippen LogP contribution in [-0.4, -0.2) is 44.1 Å². The minimum absolute atomic E-state index is 0.0928. The first-order valence-electron chi connectivity index (χ1n) is 10.5. The van der Waals surface area contributed by atoms with Crippen molar-refractivity contribution >= 4 is 31.3 Å². The van der Waals surface area contributed by atoms with Crippen LogP contribution in [0, 0.1) is 0 Å². The summed E-state index contributed by atoms with van der Waals surface area (Å²) in [6, 6.07) is 17.5. The Morgan fingerprint density at radius 2 is 1.81 bits per heavy atom. The fraction of sp³-hybridized carbons (Fsp3) is 0.292. The van der Waals surface area contributed by atoms with Crippen molar-refractivity contribution < 1.29 is 18.6 Å². The lowest BCUT2D eigenvalue weighted by Crippen LogP contribution is -2.45. The van der Waals surface area contributed by atoms with Crippen molar-refractivity contribution in [1.29, 1.82) is 0 Å². The monoisotopic (exact) mass is 438 g/mol. The molecule has 0 saturated carbocycles. The van der Waals surface area contributed by atoms with Gasteiger partial charge in [0.05, 0.1) is 10.5 Å². The molecule has 0 spiro atoms. The second kappa shape index (κ2) is 8.69. The van der Waals surface area contributed by atoms with Crippen LogP contribution in [0.4, 0.5) is 5.69 Å². The van der Waals surface area contributed by atoms with E-state index >= 15 is 0 Å². The molecule has 1 aliphatic heterocycles. The Bertz CT molecular complexity index is 1210. The maximum Gasteiger partial charge on any atom is 0.303 e. The van der Waals surface area contributed by atoms with Crippen molar-refractivity contribution in [3.8, 4) is 5.75 Å². The maximum atomic E-state index is 13.4. The molecule has 6 nitrogen and oxygen atoms in total. The molecular formula is C24H28N3O3S+. The molecule has 0 amide bonds. The highest BCUT2D eigenvalue weighted by molar-refractivity contribution is 8.06. The fourth-order valence-electron chi connectivity index (χ4n) is 4.05. The highest BCUT2D eigenvalue weighted by Crippen LogP contribution is 2.29. The van der Waals surface area contributed by atoms with Gasteiger partial charge in [-0.2, -0.15) is 0 Å². The second-order valence-electron chi connectivity index (χ2n) is 7.85.